The Bertz CT molecular complexity index is 681. The summed E-state index contributed by atoms with van der Waals surface area (Å²) in [6.07, 6.45) is 0.968. The first-order chi connectivity index (χ1) is 10.1. The van der Waals surface area contributed by atoms with Gasteiger partial charge in [-0.25, -0.2) is 0 Å². The number of amides is 1. The Balaban J connectivity index is 1.68. The quantitative estimate of drug-likeness (QED) is 0.799. The van der Waals surface area contributed by atoms with Gasteiger partial charge in [0.15, 0.2) is 0 Å². The van der Waals surface area contributed by atoms with Gasteiger partial charge in [0.1, 0.15) is 0 Å². The Morgan fingerprint density at radius 1 is 1.19 bits per heavy atom. The van der Waals surface area contributed by atoms with E-state index >= 15 is 0 Å². The van der Waals surface area contributed by atoms with E-state index in [9.17, 15) is 4.79 Å². The van der Waals surface area contributed by atoms with Gasteiger partial charge < -0.3 is 4.90 Å². The van der Waals surface area contributed by atoms with Gasteiger partial charge in [0, 0.05) is 17.1 Å². The topological polar surface area (TPSA) is 20.3 Å². The lowest BCUT2D eigenvalue weighted by molar-refractivity contribution is -0.116. The number of rotatable bonds is 3. The Morgan fingerprint density at radius 3 is 2.81 bits per heavy atom. The van der Waals surface area contributed by atoms with Crippen LogP contribution in [0.2, 0.25) is 0 Å². The van der Waals surface area contributed by atoms with Crippen LogP contribution in [-0.2, 0) is 11.2 Å². The second-order valence-electron chi connectivity index (χ2n) is 5.48. The van der Waals surface area contributed by atoms with E-state index in [4.69, 9.17) is 0 Å². The predicted molar refractivity (Wildman–Crippen MR) is 89.1 cm³/mol. The molecule has 0 N–H and O–H groups in total. The predicted octanol–water partition coefficient (Wildman–Crippen LogP) is 3.98. The number of fused-ring (bicyclic) bond motifs is 1. The number of hydrogen-bond donors (Lipinski definition) is 0. The van der Waals surface area contributed by atoms with Crippen molar-refractivity contribution in [2.75, 3.05) is 17.2 Å². The summed E-state index contributed by atoms with van der Waals surface area (Å²) in [5.41, 5.74) is 4.87. The fourth-order valence-corrected chi connectivity index (χ4v) is 3.66. The van der Waals surface area contributed by atoms with Gasteiger partial charge in [-0.3, -0.25) is 4.79 Å². The SMILES string of the molecule is Cc1ccc(SCC(=O)N2CCc3ccccc32)c(C)c1. The van der Waals surface area contributed by atoms with Gasteiger partial charge in [-0.2, -0.15) is 0 Å². The lowest BCUT2D eigenvalue weighted by atomic mass is 10.2. The van der Waals surface area contributed by atoms with Crippen molar-refractivity contribution in [3.05, 3.63) is 59.2 Å². The van der Waals surface area contributed by atoms with Crippen molar-refractivity contribution in [2.24, 2.45) is 0 Å². The maximum Gasteiger partial charge on any atom is 0.237 e. The second-order valence-corrected chi connectivity index (χ2v) is 6.50. The number of carbonyl (C=O) groups is 1. The third kappa shape index (κ3) is 2.98. The molecule has 0 radical (unpaired) electrons. The van der Waals surface area contributed by atoms with Crippen LogP contribution in [0.15, 0.2) is 47.4 Å². The van der Waals surface area contributed by atoms with Crippen LogP contribution in [0.5, 0.6) is 0 Å². The number of thioether (sulfide) groups is 1. The second kappa shape index (κ2) is 5.94. The molecular formula is C18H19NOS. The third-order valence-electron chi connectivity index (χ3n) is 3.87. The summed E-state index contributed by atoms with van der Waals surface area (Å²) in [5.74, 6) is 0.697. The molecule has 21 heavy (non-hydrogen) atoms. The van der Waals surface area contributed by atoms with Gasteiger partial charge in [-0.1, -0.05) is 35.9 Å². The van der Waals surface area contributed by atoms with Crippen LogP contribution in [0.1, 0.15) is 16.7 Å². The summed E-state index contributed by atoms with van der Waals surface area (Å²) in [6, 6.07) is 14.6. The number of benzene rings is 2. The van der Waals surface area contributed by atoms with Crippen molar-refractivity contribution < 1.29 is 4.79 Å². The Hall–Kier alpha value is -1.74. The van der Waals surface area contributed by atoms with Crippen LogP contribution < -0.4 is 4.90 Å². The Labute approximate surface area is 130 Å². The van der Waals surface area contributed by atoms with E-state index in [1.807, 2.05) is 23.1 Å². The molecule has 2 aromatic rings. The molecule has 0 atom stereocenters. The van der Waals surface area contributed by atoms with Gasteiger partial charge in [-0.05, 0) is 43.5 Å². The summed E-state index contributed by atoms with van der Waals surface area (Å²) < 4.78 is 0. The van der Waals surface area contributed by atoms with Crippen molar-refractivity contribution in [3.63, 3.8) is 0 Å². The van der Waals surface area contributed by atoms with Crippen molar-refractivity contribution in [3.8, 4) is 0 Å². The fraction of sp³-hybridized carbons (Fsp3) is 0.278. The number of hydrogen-bond acceptors (Lipinski definition) is 2. The van der Waals surface area contributed by atoms with Crippen LogP contribution in [0.25, 0.3) is 0 Å². The van der Waals surface area contributed by atoms with Gasteiger partial charge >= 0.3 is 0 Å². The molecule has 1 amide bonds. The third-order valence-corrected chi connectivity index (χ3v) is 5.03. The molecule has 0 unspecified atom stereocenters. The molecular weight excluding hydrogens is 278 g/mol. The summed E-state index contributed by atoms with van der Waals surface area (Å²) in [5, 5.41) is 0. The van der Waals surface area contributed by atoms with E-state index in [0.717, 1.165) is 18.7 Å². The van der Waals surface area contributed by atoms with E-state index in [1.165, 1.54) is 21.6 Å². The van der Waals surface area contributed by atoms with E-state index < -0.39 is 0 Å². The average molecular weight is 297 g/mol. The largest absolute Gasteiger partial charge is 0.311 e. The lowest BCUT2D eigenvalue weighted by Crippen LogP contribution is -2.30. The van der Waals surface area contributed by atoms with Gasteiger partial charge in [0.05, 0.1) is 5.75 Å². The van der Waals surface area contributed by atoms with Crippen molar-refractivity contribution >= 4 is 23.4 Å². The zero-order valence-electron chi connectivity index (χ0n) is 12.4. The molecule has 0 spiro atoms. The molecule has 3 rings (SSSR count). The monoisotopic (exact) mass is 297 g/mol. The molecule has 2 aromatic carbocycles. The Morgan fingerprint density at radius 2 is 2.00 bits per heavy atom. The van der Waals surface area contributed by atoms with Gasteiger partial charge in [-0.15, -0.1) is 11.8 Å². The first-order valence-electron chi connectivity index (χ1n) is 7.23. The molecule has 0 aromatic heterocycles. The van der Waals surface area contributed by atoms with Crippen molar-refractivity contribution in [2.45, 2.75) is 25.2 Å². The average Bonchev–Trinajstić information content (AvgIpc) is 2.90. The molecule has 1 heterocycles. The smallest absolute Gasteiger partial charge is 0.237 e. The van der Waals surface area contributed by atoms with E-state index in [2.05, 4.69) is 38.1 Å². The summed E-state index contributed by atoms with van der Waals surface area (Å²) in [6.45, 7) is 5.00. The number of aryl methyl sites for hydroxylation is 2. The maximum atomic E-state index is 12.5. The molecule has 1 aliphatic rings. The molecule has 0 saturated carbocycles. The van der Waals surface area contributed by atoms with E-state index in [-0.39, 0.29) is 5.91 Å². The highest BCUT2D eigenvalue weighted by Gasteiger charge is 2.23. The maximum absolute atomic E-state index is 12.5. The van der Waals surface area contributed by atoms with Crippen LogP contribution in [0.4, 0.5) is 5.69 Å². The Kier molecular flexibility index (Phi) is 4.02. The van der Waals surface area contributed by atoms with Crippen molar-refractivity contribution in [1.82, 2.24) is 0 Å². The summed E-state index contributed by atoms with van der Waals surface area (Å²) in [7, 11) is 0. The molecule has 3 heteroatoms. The number of carbonyl (C=O) groups excluding carboxylic acids is 1. The highest BCUT2D eigenvalue weighted by molar-refractivity contribution is 8.00. The molecule has 2 nitrogen and oxygen atoms in total. The van der Waals surface area contributed by atoms with Crippen molar-refractivity contribution in [1.29, 1.82) is 0 Å². The first-order valence-corrected chi connectivity index (χ1v) is 8.22. The summed E-state index contributed by atoms with van der Waals surface area (Å²) in [4.78, 5) is 15.6. The standard InChI is InChI=1S/C18H19NOS/c1-13-7-8-17(14(2)11-13)21-12-18(20)19-10-9-15-5-3-4-6-16(15)19/h3-8,11H,9-10,12H2,1-2H3. The zero-order chi connectivity index (χ0) is 14.8. The molecule has 0 aliphatic carbocycles. The zero-order valence-corrected chi connectivity index (χ0v) is 13.2. The van der Waals surface area contributed by atoms with Gasteiger partial charge in [0.2, 0.25) is 5.91 Å². The normalized spacial score (nSPS) is 13.3. The van der Waals surface area contributed by atoms with Crippen LogP contribution >= 0.6 is 11.8 Å². The highest BCUT2D eigenvalue weighted by atomic mass is 32.2. The van der Waals surface area contributed by atoms with Crippen LogP contribution in [-0.4, -0.2) is 18.2 Å². The van der Waals surface area contributed by atoms with Crippen LogP contribution in [0, 0.1) is 13.8 Å². The molecule has 108 valence electrons. The first kappa shape index (κ1) is 14.2. The van der Waals surface area contributed by atoms with Crippen LogP contribution in [0.3, 0.4) is 0 Å². The minimum absolute atomic E-state index is 0.199. The number of para-hydroxylation sites is 1. The molecule has 0 bridgehead atoms. The lowest BCUT2D eigenvalue weighted by Gasteiger charge is -2.17. The molecule has 0 fully saturated rings. The summed E-state index contributed by atoms with van der Waals surface area (Å²) >= 11 is 1.63. The van der Waals surface area contributed by atoms with Gasteiger partial charge in [0.25, 0.3) is 0 Å². The number of nitrogens with zero attached hydrogens (tertiary/aromatic N) is 1. The minimum atomic E-state index is 0.199. The highest BCUT2D eigenvalue weighted by Crippen LogP contribution is 2.29. The number of anilines is 1. The molecule has 0 saturated heterocycles. The fourth-order valence-electron chi connectivity index (χ4n) is 2.78. The minimum Gasteiger partial charge on any atom is -0.311 e. The molecule has 1 aliphatic heterocycles. The van der Waals surface area contributed by atoms with E-state index in [0.29, 0.717) is 5.75 Å². The van der Waals surface area contributed by atoms with E-state index in [1.54, 1.807) is 11.8 Å².